The Labute approximate surface area is 149 Å². The fourth-order valence-electron chi connectivity index (χ4n) is 3.76. The van der Waals surface area contributed by atoms with Crippen LogP contribution in [-0.2, 0) is 4.79 Å². The molecule has 0 spiro atoms. The average molecular weight is 348 g/mol. The van der Waals surface area contributed by atoms with E-state index in [2.05, 4.69) is 16.7 Å². The van der Waals surface area contributed by atoms with E-state index in [9.17, 15) is 9.18 Å². The van der Waals surface area contributed by atoms with Crippen LogP contribution in [-0.4, -0.2) is 68.1 Å². The molecule has 2 aliphatic rings. The molecular formula is C19H29FN4O. The summed E-state index contributed by atoms with van der Waals surface area (Å²) in [6.45, 7) is 8.86. The molecule has 3 rings (SSSR count). The summed E-state index contributed by atoms with van der Waals surface area (Å²) in [7, 11) is 0. The smallest absolute Gasteiger partial charge is 0.223 e. The summed E-state index contributed by atoms with van der Waals surface area (Å²) >= 11 is 0. The lowest BCUT2D eigenvalue weighted by molar-refractivity contribution is -0.131. The van der Waals surface area contributed by atoms with E-state index < -0.39 is 0 Å². The molecule has 0 aliphatic carbocycles. The first-order chi connectivity index (χ1) is 12.0. The number of amides is 1. The summed E-state index contributed by atoms with van der Waals surface area (Å²) < 4.78 is 13.0. The van der Waals surface area contributed by atoms with Crippen LogP contribution in [0.15, 0.2) is 24.3 Å². The van der Waals surface area contributed by atoms with Gasteiger partial charge in [0, 0.05) is 51.4 Å². The number of carbonyl (C=O) groups excluding carboxylic acids is 1. The second-order valence-corrected chi connectivity index (χ2v) is 7.64. The molecule has 2 N–H and O–H groups in total. The quantitative estimate of drug-likeness (QED) is 0.877. The number of benzene rings is 1. The Morgan fingerprint density at radius 3 is 2.44 bits per heavy atom. The number of halogens is 1. The van der Waals surface area contributed by atoms with Crippen LogP contribution >= 0.6 is 0 Å². The Kier molecular flexibility index (Phi) is 5.59. The molecule has 2 saturated heterocycles. The number of nitrogens with two attached hydrogens (primary N) is 1. The van der Waals surface area contributed by atoms with Gasteiger partial charge in [0.25, 0.3) is 0 Å². The average Bonchev–Trinajstić information content (AvgIpc) is 3.02. The van der Waals surface area contributed by atoms with Gasteiger partial charge in [-0.1, -0.05) is 6.92 Å². The van der Waals surface area contributed by atoms with Gasteiger partial charge in [-0.2, -0.15) is 0 Å². The molecule has 2 heterocycles. The number of rotatable bonds is 5. The van der Waals surface area contributed by atoms with Crippen molar-refractivity contribution in [3.05, 3.63) is 30.1 Å². The van der Waals surface area contributed by atoms with E-state index in [4.69, 9.17) is 5.73 Å². The monoisotopic (exact) mass is 348 g/mol. The van der Waals surface area contributed by atoms with Crippen LogP contribution in [0.5, 0.6) is 0 Å². The van der Waals surface area contributed by atoms with Gasteiger partial charge in [-0.25, -0.2) is 4.39 Å². The molecule has 1 aromatic carbocycles. The first-order valence-corrected chi connectivity index (χ1v) is 9.20. The zero-order valence-electron chi connectivity index (χ0n) is 15.1. The Hall–Kier alpha value is -1.66. The fraction of sp³-hybridized carbons (Fsp3) is 0.632. The molecule has 5 nitrogen and oxygen atoms in total. The lowest BCUT2D eigenvalue weighted by Gasteiger charge is -2.36. The molecule has 6 heteroatoms. The van der Waals surface area contributed by atoms with Crippen molar-refractivity contribution >= 4 is 11.6 Å². The van der Waals surface area contributed by atoms with Gasteiger partial charge >= 0.3 is 0 Å². The largest absolute Gasteiger partial charge is 0.368 e. The number of anilines is 1. The summed E-state index contributed by atoms with van der Waals surface area (Å²) in [4.78, 5) is 19.0. The number of carbonyl (C=O) groups is 1. The second-order valence-electron chi connectivity index (χ2n) is 7.64. The number of hydrogen-bond donors (Lipinski definition) is 1. The second kappa shape index (κ2) is 7.70. The van der Waals surface area contributed by atoms with Crippen LogP contribution in [0.2, 0.25) is 0 Å². The van der Waals surface area contributed by atoms with Crippen LogP contribution < -0.4 is 10.6 Å². The Bertz CT molecular complexity index is 586. The van der Waals surface area contributed by atoms with E-state index in [0.29, 0.717) is 13.0 Å². The summed E-state index contributed by atoms with van der Waals surface area (Å²) in [5.74, 6) is 0.0188. The summed E-state index contributed by atoms with van der Waals surface area (Å²) in [6, 6.07) is 6.57. The Morgan fingerprint density at radius 2 is 1.84 bits per heavy atom. The first kappa shape index (κ1) is 18.1. The Balaban J connectivity index is 1.42. The molecule has 2 fully saturated rings. The van der Waals surface area contributed by atoms with Crippen molar-refractivity contribution in [2.24, 2.45) is 11.1 Å². The van der Waals surface area contributed by atoms with Gasteiger partial charge in [-0.05, 0) is 49.2 Å². The fourth-order valence-corrected chi connectivity index (χ4v) is 3.76. The van der Waals surface area contributed by atoms with Crippen LogP contribution in [0.4, 0.5) is 10.1 Å². The van der Waals surface area contributed by atoms with E-state index >= 15 is 0 Å². The zero-order chi connectivity index (χ0) is 17.9. The van der Waals surface area contributed by atoms with Crippen molar-refractivity contribution in [3.8, 4) is 0 Å². The molecule has 0 aromatic heterocycles. The zero-order valence-corrected chi connectivity index (χ0v) is 15.1. The minimum absolute atomic E-state index is 0.212. The molecule has 1 amide bonds. The van der Waals surface area contributed by atoms with Gasteiger partial charge in [0.2, 0.25) is 5.91 Å². The van der Waals surface area contributed by atoms with Crippen molar-refractivity contribution in [2.45, 2.75) is 19.8 Å². The lowest BCUT2D eigenvalue weighted by atomic mass is 9.90. The predicted octanol–water partition coefficient (Wildman–Crippen LogP) is 1.54. The number of likely N-dealkylation sites (tertiary alicyclic amines) is 1. The third kappa shape index (κ3) is 4.50. The molecule has 1 unspecified atom stereocenters. The first-order valence-electron chi connectivity index (χ1n) is 9.20. The minimum atomic E-state index is -0.217. The van der Waals surface area contributed by atoms with E-state index in [0.717, 1.165) is 57.9 Å². The number of piperazine rings is 1. The van der Waals surface area contributed by atoms with Gasteiger partial charge in [-0.3, -0.25) is 4.79 Å². The highest BCUT2D eigenvalue weighted by Crippen LogP contribution is 2.28. The number of hydrogen-bond acceptors (Lipinski definition) is 4. The third-order valence-corrected chi connectivity index (χ3v) is 5.60. The lowest BCUT2D eigenvalue weighted by Crippen LogP contribution is -2.49. The van der Waals surface area contributed by atoms with Crippen LogP contribution in [0.3, 0.4) is 0 Å². The Morgan fingerprint density at radius 1 is 1.16 bits per heavy atom. The molecule has 138 valence electrons. The standard InChI is InChI=1S/C19H29FN4O/c1-19(14-21)7-9-22(15-19)8-6-18(25)24-12-10-23(11-13-24)17-4-2-16(20)3-5-17/h2-5H,6-15,21H2,1H3. The topological polar surface area (TPSA) is 52.8 Å². The van der Waals surface area contributed by atoms with Crippen molar-refractivity contribution in [3.63, 3.8) is 0 Å². The normalized spacial score (nSPS) is 24.8. The number of nitrogens with zero attached hydrogens (tertiary/aromatic N) is 3. The highest BCUT2D eigenvalue weighted by Gasteiger charge is 2.32. The molecule has 25 heavy (non-hydrogen) atoms. The molecule has 0 radical (unpaired) electrons. The van der Waals surface area contributed by atoms with Gasteiger partial charge in [0.1, 0.15) is 5.82 Å². The van der Waals surface area contributed by atoms with Crippen molar-refractivity contribution in [2.75, 3.05) is 57.3 Å². The summed E-state index contributed by atoms with van der Waals surface area (Å²) in [5, 5.41) is 0. The van der Waals surface area contributed by atoms with Crippen molar-refractivity contribution in [1.82, 2.24) is 9.80 Å². The van der Waals surface area contributed by atoms with Crippen LogP contribution in [0.1, 0.15) is 19.8 Å². The molecule has 0 saturated carbocycles. The van der Waals surface area contributed by atoms with E-state index in [-0.39, 0.29) is 17.1 Å². The van der Waals surface area contributed by atoms with Gasteiger partial charge in [0.15, 0.2) is 0 Å². The van der Waals surface area contributed by atoms with Crippen LogP contribution in [0.25, 0.3) is 0 Å². The van der Waals surface area contributed by atoms with Gasteiger partial charge in [-0.15, -0.1) is 0 Å². The SMILES string of the molecule is CC1(CN)CCN(CCC(=O)N2CCN(c3ccc(F)cc3)CC2)C1. The minimum Gasteiger partial charge on any atom is -0.368 e. The maximum absolute atomic E-state index is 13.0. The highest BCUT2D eigenvalue weighted by atomic mass is 19.1. The molecule has 1 atom stereocenters. The highest BCUT2D eigenvalue weighted by molar-refractivity contribution is 5.76. The van der Waals surface area contributed by atoms with Gasteiger partial charge in [0.05, 0.1) is 0 Å². The van der Waals surface area contributed by atoms with Gasteiger partial charge < -0.3 is 20.4 Å². The van der Waals surface area contributed by atoms with Crippen LogP contribution in [0, 0.1) is 11.2 Å². The van der Waals surface area contributed by atoms with Crippen molar-refractivity contribution < 1.29 is 9.18 Å². The van der Waals surface area contributed by atoms with E-state index in [1.54, 1.807) is 12.1 Å². The third-order valence-electron chi connectivity index (χ3n) is 5.60. The summed E-state index contributed by atoms with van der Waals surface area (Å²) in [5.41, 5.74) is 7.08. The van der Waals surface area contributed by atoms with E-state index in [1.807, 2.05) is 4.90 Å². The molecular weight excluding hydrogens is 319 g/mol. The molecule has 1 aromatic rings. The predicted molar refractivity (Wildman–Crippen MR) is 98.0 cm³/mol. The maximum Gasteiger partial charge on any atom is 0.223 e. The van der Waals surface area contributed by atoms with Crippen molar-refractivity contribution in [1.29, 1.82) is 0 Å². The maximum atomic E-state index is 13.0. The molecule has 2 aliphatic heterocycles. The molecule has 0 bridgehead atoms. The summed E-state index contributed by atoms with van der Waals surface area (Å²) in [6.07, 6.45) is 1.70. The van der Waals surface area contributed by atoms with E-state index in [1.165, 1.54) is 12.1 Å².